The number of aromatic nitrogens is 2. The molecule has 96 valence electrons. The number of hydrogen-bond acceptors (Lipinski definition) is 3. The molecule has 0 atom stereocenters. The first-order valence-electron chi connectivity index (χ1n) is 6.20. The Morgan fingerprint density at radius 3 is 2.68 bits per heavy atom. The van der Waals surface area contributed by atoms with Gasteiger partial charge in [0.05, 0.1) is 17.2 Å². The van der Waals surface area contributed by atoms with E-state index in [0.717, 1.165) is 28.5 Å². The van der Waals surface area contributed by atoms with Crippen LogP contribution >= 0.6 is 11.3 Å². The van der Waals surface area contributed by atoms with Gasteiger partial charge in [-0.05, 0) is 31.2 Å². The molecule has 2 N–H and O–H groups in total. The molecule has 0 bridgehead atoms. The molecule has 0 saturated carbocycles. The molecule has 0 unspecified atom stereocenters. The SMILES string of the molecule is Cc1nc(-c2ccc(NCc3ccc[nH]3)cc2)cs1. The summed E-state index contributed by atoms with van der Waals surface area (Å²) in [6.45, 7) is 2.84. The summed E-state index contributed by atoms with van der Waals surface area (Å²) in [6, 6.07) is 12.5. The van der Waals surface area contributed by atoms with Crippen molar-refractivity contribution in [2.45, 2.75) is 13.5 Å². The first-order chi connectivity index (χ1) is 9.31. The Hall–Kier alpha value is -2.07. The number of rotatable bonds is 4. The molecule has 0 saturated heterocycles. The van der Waals surface area contributed by atoms with Gasteiger partial charge in [-0.25, -0.2) is 4.98 Å². The first kappa shape index (κ1) is 12.0. The van der Waals surface area contributed by atoms with Crippen molar-refractivity contribution in [3.05, 3.63) is 58.7 Å². The number of aromatic amines is 1. The Kier molecular flexibility index (Phi) is 3.33. The Balaban J connectivity index is 1.69. The molecule has 3 aromatic rings. The van der Waals surface area contributed by atoms with Crippen LogP contribution in [0.5, 0.6) is 0 Å². The molecular formula is C15H15N3S. The minimum atomic E-state index is 0.808. The van der Waals surface area contributed by atoms with E-state index in [4.69, 9.17) is 0 Å². The molecule has 0 spiro atoms. The summed E-state index contributed by atoms with van der Waals surface area (Å²) in [4.78, 5) is 7.67. The number of H-pyrrole nitrogens is 1. The van der Waals surface area contributed by atoms with E-state index in [2.05, 4.69) is 51.0 Å². The Bertz CT molecular complexity index is 638. The van der Waals surface area contributed by atoms with Gasteiger partial charge in [0.25, 0.3) is 0 Å². The van der Waals surface area contributed by atoms with Crippen LogP contribution < -0.4 is 5.32 Å². The molecule has 2 heterocycles. The highest BCUT2D eigenvalue weighted by molar-refractivity contribution is 7.09. The van der Waals surface area contributed by atoms with Crippen LogP contribution in [0.1, 0.15) is 10.7 Å². The van der Waals surface area contributed by atoms with E-state index in [1.807, 2.05) is 19.2 Å². The minimum Gasteiger partial charge on any atom is -0.379 e. The maximum absolute atomic E-state index is 4.49. The number of hydrogen-bond donors (Lipinski definition) is 2. The third kappa shape index (κ3) is 2.85. The molecule has 2 aromatic heterocycles. The van der Waals surface area contributed by atoms with Crippen LogP contribution in [0, 0.1) is 6.92 Å². The van der Waals surface area contributed by atoms with Crippen molar-refractivity contribution >= 4 is 17.0 Å². The molecule has 3 rings (SSSR count). The average molecular weight is 269 g/mol. The smallest absolute Gasteiger partial charge is 0.0901 e. The van der Waals surface area contributed by atoms with Crippen molar-refractivity contribution in [1.82, 2.24) is 9.97 Å². The van der Waals surface area contributed by atoms with Crippen molar-refractivity contribution in [1.29, 1.82) is 0 Å². The first-order valence-corrected chi connectivity index (χ1v) is 7.08. The van der Waals surface area contributed by atoms with Gasteiger partial charge in [-0.15, -0.1) is 11.3 Å². The summed E-state index contributed by atoms with van der Waals surface area (Å²) >= 11 is 1.68. The zero-order valence-corrected chi connectivity index (χ0v) is 11.5. The maximum atomic E-state index is 4.49. The van der Waals surface area contributed by atoms with Crippen LogP contribution in [0.3, 0.4) is 0 Å². The second-order valence-electron chi connectivity index (χ2n) is 4.38. The molecule has 0 fully saturated rings. The number of benzene rings is 1. The average Bonchev–Trinajstić information content (AvgIpc) is 3.08. The predicted octanol–water partition coefficient (Wildman–Crippen LogP) is 4.06. The van der Waals surface area contributed by atoms with Gasteiger partial charge in [0.2, 0.25) is 0 Å². The Morgan fingerprint density at radius 2 is 2.05 bits per heavy atom. The zero-order chi connectivity index (χ0) is 13.1. The van der Waals surface area contributed by atoms with Crippen molar-refractivity contribution in [2.75, 3.05) is 5.32 Å². The number of aryl methyl sites for hydroxylation is 1. The van der Waals surface area contributed by atoms with Crippen LogP contribution in [0.4, 0.5) is 5.69 Å². The molecule has 1 aromatic carbocycles. The normalized spacial score (nSPS) is 10.6. The molecule has 0 aliphatic heterocycles. The van der Waals surface area contributed by atoms with Gasteiger partial charge in [-0.2, -0.15) is 0 Å². The second-order valence-corrected chi connectivity index (χ2v) is 5.44. The van der Waals surface area contributed by atoms with Gasteiger partial charge in [0.1, 0.15) is 0 Å². The molecule has 3 nitrogen and oxygen atoms in total. The zero-order valence-electron chi connectivity index (χ0n) is 10.7. The van der Waals surface area contributed by atoms with Crippen LogP contribution in [0.25, 0.3) is 11.3 Å². The monoisotopic (exact) mass is 269 g/mol. The summed E-state index contributed by atoms with van der Waals surface area (Å²) in [7, 11) is 0. The van der Waals surface area contributed by atoms with Gasteiger partial charge in [0.15, 0.2) is 0 Å². The van der Waals surface area contributed by atoms with E-state index in [1.54, 1.807) is 11.3 Å². The van der Waals surface area contributed by atoms with E-state index in [1.165, 1.54) is 5.69 Å². The standard InChI is InChI=1S/C15H15N3S/c1-11-18-15(10-19-11)12-4-6-13(7-5-12)17-9-14-3-2-8-16-14/h2-8,10,16-17H,9H2,1H3. The molecule has 0 aliphatic carbocycles. The van der Waals surface area contributed by atoms with E-state index in [-0.39, 0.29) is 0 Å². The summed E-state index contributed by atoms with van der Waals surface area (Å²) in [5.41, 5.74) is 4.51. The number of nitrogens with one attached hydrogen (secondary N) is 2. The lowest BCUT2D eigenvalue weighted by Gasteiger charge is -2.05. The summed E-state index contributed by atoms with van der Waals surface area (Å²) in [5, 5.41) is 6.58. The molecule has 0 amide bonds. The third-order valence-electron chi connectivity index (χ3n) is 2.95. The Labute approximate surface area is 116 Å². The van der Waals surface area contributed by atoms with E-state index in [9.17, 15) is 0 Å². The van der Waals surface area contributed by atoms with Gasteiger partial charge in [-0.1, -0.05) is 12.1 Å². The minimum absolute atomic E-state index is 0.808. The third-order valence-corrected chi connectivity index (χ3v) is 3.72. The molecule has 4 heteroatoms. The van der Waals surface area contributed by atoms with Crippen molar-refractivity contribution in [2.24, 2.45) is 0 Å². The number of anilines is 1. The van der Waals surface area contributed by atoms with Crippen molar-refractivity contribution < 1.29 is 0 Å². The van der Waals surface area contributed by atoms with Crippen LogP contribution in [-0.4, -0.2) is 9.97 Å². The molecular weight excluding hydrogens is 254 g/mol. The van der Waals surface area contributed by atoms with Crippen LogP contribution in [0.2, 0.25) is 0 Å². The van der Waals surface area contributed by atoms with E-state index < -0.39 is 0 Å². The lowest BCUT2D eigenvalue weighted by molar-refractivity contribution is 1.07. The van der Waals surface area contributed by atoms with Crippen LogP contribution in [0.15, 0.2) is 48.0 Å². The maximum Gasteiger partial charge on any atom is 0.0901 e. The quantitative estimate of drug-likeness (QED) is 0.750. The highest BCUT2D eigenvalue weighted by Crippen LogP contribution is 2.23. The topological polar surface area (TPSA) is 40.7 Å². The largest absolute Gasteiger partial charge is 0.379 e. The van der Waals surface area contributed by atoms with Gasteiger partial charge in [0, 0.05) is 28.5 Å². The highest BCUT2D eigenvalue weighted by Gasteiger charge is 2.02. The van der Waals surface area contributed by atoms with Gasteiger partial charge >= 0.3 is 0 Å². The predicted molar refractivity (Wildman–Crippen MR) is 80.4 cm³/mol. The fourth-order valence-corrected chi connectivity index (χ4v) is 2.55. The fraction of sp³-hybridized carbons (Fsp3) is 0.133. The van der Waals surface area contributed by atoms with Crippen molar-refractivity contribution in [3.8, 4) is 11.3 Å². The van der Waals surface area contributed by atoms with Crippen LogP contribution in [-0.2, 0) is 6.54 Å². The van der Waals surface area contributed by atoms with E-state index in [0.29, 0.717) is 0 Å². The number of thiazole rings is 1. The van der Waals surface area contributed by atoms with Gasteiger partial charge < -0.3 is 10.3 Å². The van der Waals surface area contributed by atoms with Gasteiger partial charge in [-0.3, -0.25) is 0 Å². The Morgan fingerprint density at radius 1 is 1.21 bits per heavy atom. The molecule has 19 heavy (non-hydrogen) atoms. The summed E-state index contributed by atoms with van der Waals surface area (Å²) < 4.78 is 0. The number of nitrogens with zero attached hydrogens (tertiary/aromatic N) is 1. The molecule has 0 radical (unpaired) electrons. The summed E-state index contributed by atoms with van der Waals surface area (Å²) in [6.07, 6.45) is 1.94. The summed E-state index contributed by atoms with van der Waals surface area (Å²) in [5.74, 6) is 0. The second kappa shape index (κ2) is 5.28. The lowest BCUT2D eigenvalue weighted by Crippen LogP contribution is -1.99. The molecule has 0 aliphatic rings. The lowest BCUT2D eigenvalue weighted by atomic mass is 10.1. The highest BCUT2D eigenvalue weighted by atomic mass is 32.1. The van der Waals surface area contributed by atoms with Crippen molar-refractivity contribution in [3.63, 3.8) is 0 Å². The fourth-order valence-electron chi connectivity index (χ4n) is 1.93. The van der Waals surface area contributed by atoms with E-state index >= 15 is 0 Å².